The highest BCUT2D eigenvalue weighted by Crippen LogP contribution is 2.57. The van der Waals surface area contributed by atoms with E-state index in [1.54, 1.807) is 24.3 Å². The summed E-state index contributed by atoms with van der Waals surface area (Å²) < 4.78 is 25.0. The Morgan fingerprint density at radius 3 is 2.62 bits per heavy atom. The number of carbonyl (C=O) groups is 1. The van der Waals surface area contributed by atoms with Crippen molar-refractivity contribution in [1.82, 2.24) is 0 Å². The van der Waals surface area contributed by atoms with Gasteiger partial charge < -0.3 is 0 Å². The second kappa shape index (κ2) is 6.62. The third kappa shape index (κ3) is 3.17. The zero-order valence-electron chi connectivity index (χ0n) is 14.7. The number of rotatable bonds is 5. The first-order valence-corrected chi connectivity index (χ1v) is 10.8. The predicted octanol–water partition coefficient (Wildman–Crippen LogP) is 4.27. The minimum Gasteiger partial charge on any atom is -0.299 e. The molecule has 0 amide bonds. The molecular weight excluding hydrogens is 320 g/mol. The fraction of sp³-hybridized carbons (Fsp3) is 0.650. The molecule has 4 heteroatoms. The highest BCUT2D eigenvalue weighted by molar-refractivity contribution is 7.91. The summed E-state index contributed by atoms with van der Waals surface area (Å²) in [6, 6.07) is 8.72. The molecule has 132 valence electrons. The van der Waals surface area contributed by atoms with Crippen LogP contribution in [0.3, 0.4) is 0 Å². The SMILES string of the molecule is CC(CCS(=O)(=O)c1ccccc1)C1CC[C@H]2C(=O)CCC[C@]12C. The number of benzene rings is 1. The lowest BCUT2D eigenvalue weighted by Crippen LogP contribution is -2.39. The van der Waals surface area contributed by atoms with Crippen LogP contribution in [0.5, 0.6) is 0 Å². The molecule has 2 saturated carbocycles. The predicted molar refractivity (Wildman–Crippen MR) is 95.5 cm³/mol. The lowest BCUT2D eigenvalue weighted by atomic mass is 9.62. The zero-order valence-corrected chi connectivity index (χ0v) is 15.5. The molecule has 0 radical (unpaired) electrons. The second-order valence-corrected chi connectivity index (χ2v) is 10.1. The fourth-order valence-corrected chi connectivity index (χ4v) is 6.68. The molecule has 2 aliphatic carbocycles. The van der Waals surface area contributed by atoms with Gasteiger partial charge in [0.15, 0.2) is 9.84 Å². The van der Waals surface area contributed by atoms with Crippen molar-refractivity contribution < 1.29 is 13.2 Å². The van der Waals surface area contributed by atoms with Gasteiger partial charge in [0.2, 0.25) is 0 Å². The molecule has 1 aromatic carbocycles. The normalized spacial score (nSPS) is 31.7. The van der Waals surface area contributed by atoms with Crippen LogP contribution in [0.25, 0.3) is 0 Å². The smallest absolute Gasteiger partial charge is 0.178 e. The molecule has 2 aliphatic rings. The molecule has 0 aromatic heterocycles. The average Bonchev–Trinajstić information content (AvgIpc) is 2.92. The van der Waals surface area contributed by atoms with Crippen LogP contribution >= 0.6 is 0 Å². The van der Waals surface area contributed by atoms with E-state index in [0.29, 0.717) is 28.9 Å². The first-order valence-electron chi connectivity index (χ1n) is 9.15. The van der Waals surface area contributed by atoms with E-state index in [2.05, 4.69) is 13.8 Å². The van der Waals surface area contributed by atoms with Gasteiger partial charge in [0.05, 0.1) is 10.6 Å². The van der Waals surface area contributed by atoms with E-state index < -0.39 is 9.84 Å². The van der Waals surface area contributed by atoms with Crippen molar-refractivity contribution in [2.45, 2.75) is 57.3 Å². The molecule has 0 aliphatic heterocycles. The summed E-state index contributed by atoms with van der Waals surface area (Å²) in [6.45, 7) is 4.45. The van der Waals surface area contributed by atoms with Crippen LogP contribution in [0.4, 0.5) is 0 Å². The van der Waals surface area contributed by atoms with Crippen LogP contribution in [0.15, 0.2) is 35.2 Å². The summed E-state index contributed by atoms with van der Waals surface area (Å²) in [6.07, 6.45) is 5.60. The van der Waals surface area contributed by atoms with Crippen LogP contribution < -0.4 is 0 Å². The van der Waals surface area contributed by atoms with Crippen molar-refractivity contribution >= 4 is 15.6 Å². The van der Waals surface area contributed by atoms with Crippen molar-refractivity contribution in [2.24, 2.45) is 23.2 Å². The maximum absolute atomic E-state index is 12.5. The van der Waals surface area contributed by atoms with Gasteiger partial charge in [-0.15, -0.1) is 0 Å². The summed E-state index contributed by atoms with van der Waals surface area (Å²) in [7, 11) is -3.21. The molecule has 2 unspecified atom stereocenters. The molecule has 0 N–H and O–H groups in total. The number of fused-ring (bicyclic) bond motifs is 1. The van der Waals surface area contributed by atoms with Gasteiger partial charge in [-0.05, 0) is 61.5 Å². The molecule has 4 atom stereocenters. The standard InChI is InChI=1S/C20H28O3S/c1-15(12-14-24(22,23)16-7-4-3-5-8-16)17-10-11-18-19(21)9-6-13-20(17,18)2/h3-5,7-8,15,17-18H,6,9-14H2,1-2H3/t15?,17?,18-,20+/m0/s1. The average molecular weight is 349 g/mol. The van der Waals surface area contributed by atoms with E-state index in [0.717, 1.165) is 32.1 Å². The quantitative estimate of drug-likeness (QED) is 0.798. The van der Waals surface area contributed by atoms with E-state index in [9.17, 15) is 13.2 Å². The van der Waals surface area contributed by atoms with E-state index in [1.807, 2.05) is 6.07 Å². The summed E-state index contributed by atoms with van der Waals surface area (Å²) in [5.41, 5.74) is 0.0886. The number of Topliss-reactive ketones (excluding diaryl/α,β-unsaturated/α-hetero) is 1. The maximum atomic E-state index is 12.5. The minimum absolute atomic E-state index is 0.0886. The van der Waals surface area contributed by atoms with Gasteiger partial charge in [-0.2, -0.15) is 0 Å². The Hall–Kier alpha value is -1.16. The highest BCUT2D eigenvalue weighted by atomic mass is 32.2. The van der Waals surface area contributed by atoms with Gasteiger partial charge in [0, 0.05) is 12.3 Å². The molecule has 3 rings (SSSR count). The van der Waals surface area contributed by atoms with Crippen molar-refractivity contribution in [1.29, 1.82) is 0 Å². The molecule has 0 heterocycles. The Labute approximate surface area is 145 Å². The largest absolute Gasteiger partial charge is 0.299 e. The van der Waals surface area contributed by atoms with E-state index in [-0.39, 0.29) is 17.1 Å². The van der Waals surface area contributed by atoms with Gasteiger partial charge in [-0.25, -0.2) is 8.42 Å². The first kappa shape index (κ1) is 17.7. The lowest BCUT2D eigenvalue weighted by molar-refractivity contribution is -0.130. The molecule has 2 fully saturated rings. The lowest BCUT2D eigenvalue weighted by Gasteiger charge is -2.42. The molecule has 3 nitrogen and oxygen atoms in total. The van der Waals surface area contributed by atoms with E-state index >= 15 is 0 Å². The molecule has 0 saturated heterocycles. The van der Waals surface area contributed by atoms with E-state index in [1.165, 1.54) is 0 Å². The fourth-order valence-electron chi connectivity index (χ4n) is 5.19. The number of hydrogen-bond donors (Lipinski definition) is 0. The number of hydrogen-bond acceptors (Lipinski definition) is 3. The van der Waals surface area contributed by atoms with Crippen LogP contribution in [0.2, 0.25) is 0 Å². The summed E-state index contributed by atoms with van der Waals surface area (Å²) in [5, 5.41) is 0. The van der Waals surface area contributed by atoms with Crippen molar-refractivity contribution in [3.63, 3.8) is 0 Å². The summed E-state index contributed by atoms with van der Waals surface area (Å²) in [4.78, 5) is 12.7. The van der Waals surface area contributed by atoms with Crippen LogP contribution in [0.1, 0.15) is 52.4 Å². The maximum Gasteiger partial charge on any atom is 0.178 e. The Morgan fingerprint density at radius 1 is 1.21 bits per heavy atom. The third-order valence-corrected chi connectivity index (χ3v) is 8.33. The van der Waals surface area contributed by atoms with Crippen LogP contribution in [-0.4, -0.2) is 20.0 Å². The summed E-state index contributed by atoms with van der Waals surface area (Å²) >= 11 is 0. The van der Waals surface area contributed by atoms with Crippen molar-refractivity contribution in [3.8, 4) is 0 Å². The third-order valence-electron chi connectivity index (χ3n) is 6.57. The molecule has 24 heavy (non-hydrogen) atoms. The Kier molecular flexibility index (Phi) is 4.87. The Balaban J connectivity index is 1.67. The second-order valence-electron chi connectivity index (χ2n) is 7.96. The zero-order chi connectivity index (χ0) is 17.4. The number of carbonyl (C=O) groups excluding carboxylic acids is 1. The number of ketones is 1. The molecule has 1 aromatic rings. The van der Waals surface area contributed by atoms with Crippen molar-refractivity contribution in [2.75, 3.05) is 5.75 Å². The van der Waals surface area contributed by atoms with Gasteiger partial charge in [0.25, 0.3) is 0 Å². The molecule has 0 spiro atoms. The monoisotopic (exact) mass is 348 g/mol. The molecular formula is C20H28O3S. The van der Waals surface area contributed by atoms with Crippen LogP contribution in [-0.2, 0) is 14.6 Å². The summed E-state index contributed by atoms with van der Waals surface area (Å²) in [5.74, 6) is 1.66. The van der Waals surface area contributed by atoms with Gasteiger partial charge in [-0.1, -0.05) is 32.0 Å². The minimum atomic E-state index is -3.21. The Morgan fingerprint density at radius 2 is 1.92 bits per heavy atom. The molecule has 0 bridgehead atoms. The van der Waals surface area contributed by atoms with Gasteiger partial charge in [-0.3, -0.25) is 4.79 Å². The highest BCUT2D eigenvalue weighted by Gasteiger charge is 2.52. The topological polar surface area (TPSA) is 51.2 Å². The van der Waals surface area contributed by atoms with Crippen molar-refractivity contribution in [3.05, 3.63) is 30.3 Å². The van der Waals surface area contributed by atoms with Crippen LogP contribution in [0, 0.1) is 23.2 Å². The number of sulfone groups is 1. The van der Waals surface area contributed by atoms with E-state index in [4.69, 9.17) is 0 Å². The first-order chi connectivity index (χ1) is 11.3. The Bertz CT molecular complexity index is 695. The van der Waals surface area contributed by atoms with Gasteiger partial charge >= 0.3 is 0 Å². The van der Waals surface area contributed by atoms with Gasteiger partial charge in [0.1, 0.15) is 5.78 Å².